The fraction of sp³-hybridized carbons (Fsp3) is 0. The third-order valence-corrected chi connectivity index (χ3v) is 10.7. The third-order valence-electron chi connectivity index (χ3n) is 10.7. The molecule has 0 amide bonds. The van der Waals surface area contributed by atoms with Crippen molar-refractivity contribution in [2.75, 3.05) is 4.90 Å². The summed E-state index contributed by atoms with van der Waals surface area (Å²) in [7, 11) is 0. The first kappa shape index (κ1) is 29.6. The largest absolute Gasteiger partial charge is 0.456 e. The lowest BCUT2D eigenvalue weighted by molar-refractivity contribution is 0.669. The number of fused-ring (bicyclic) bond motifs is 8. The van der Waals surface area contributed by atoms with Gasteiger partial charge in [-0.15, -0.1) is 0 Å². The second-order valence-electron chi connectivity index (χ2n) is 13.8. The van der Waals surface area contributed by atoms with Crippen molar-refractivity contribution in [3.63, 3.8) is 0 Å². The Balaban J connectivity index is 1.15. The highest BCUT2D eigenvalue weighted by molar-refractivity contribution is 6.11. The molecule has 3 heteroatoms. The normalized spacial score (nSPS) is 11.8. The van der Waals surface area contributed by atoms with Gasteiger partial charge in [-0.2, -0.15) is 0 Å². The molecule has 0 saturated carbocycles. The number of aromatic nitrogens is 1. The minimum Gasteiger partial charge on any atom is -0.456 e. The van der Waals surface area contributed by atoms with Gasteiger partial charge in [-0.3, -0.25) is 0 Å². The Morgan fingerprint density at radius 2 is 1.00 bits per heavy atom. The van der Waals surface area contributed by atoms with E-state index in [9.17, 15) is 0 Å². The van der Waals surface area contributed by atoms with Crippen LogP contribution in [0, 0.1) is 0 Å². The van der Waals surface area contributed by atoms with E-state index < -0.39 is 0 Å². The van der Waals surface area contributed by atoms with Crippen LogP contribution in [0.25, 0.3) is 82.2 Å². The van der Waals surface area contributed by atoms with Crippen molar-refractivity contribution < 1.29 is 4.42 Å². The Labute approximate surface area is 306 Å². The van der Waals surface area contributed by atoms with Gasteiger partial charge in [-0.1, -0.05) is 133 Å². The van der Waals surface area contributed by atoms with Crippen molar-refractivity contribution in [3.8, 4) is 22.3 Å². The smallest absolute Gasteiger partial charge is 0.137 e. The van der Waals surface area contributed by atoms with Gasteiger partial charge < -0.3 is 13.7 Å². The van der Waals surface area contributed by atoms with Gasteiger partial charge in [0.1, 0.15) is 11.2 Å². The van der Waals surface area contributed by atoms with E-state index in [1.54, 1.807) is 0 Å². The van der Waals surface area contributed by atoms with E-state index in [-0.39, 0.29) is 0 Å². The van der Waals surface area contributed by atoms with Crippen LogP contribution in [0.2, 0.25) is 0 Å². The topological polar surface area (TPSA) is 20.8 Å². The van der Waals surface area contributed by atoms with E-state index in [0.29, 0.717) is 0 Å². The maximum absolute atomic E-state index is 6.65. The fourth-order valence-electron chi connectivity index (χ4n) is 8.24. The van der Waals surface area contributed by atoms with Crippen LogP contribution in [0.5, 0.6) is 0 Å². The number of nitrogens with zero attached hydrogens (tertiary/aromatic N) is 2. The van der Waals surface area contributed by atoms with Crippen molar-refractivity contribution in [2.45, 2.75) is 0 Å². The SMILES string of the molecule is c1ccc(-c2ccc3c(c2)oc2cc(N(c4ccc5c(-c6ccccc6)c6cc7ccccc7cn6c5c4)c4cccc5ccccc45)ccc23)cc1. The second kappa shape index (κ2) is 11.7. The Bertz CT molecular complexity index is 3170. The van der Waals surface area contributed by atoms with E-state index in [0.717, 1.165) is 50.1 Å². The Hall–Kier alpha value is -7.10. The summed E-state index contributed by atoms with van der Waals surface area (Å²) in [6.07, 6.45) is 2.29. The van der Waals surface area contributed by atoms with Crippen molar-refractivity contribution in [3.05, 3.63) is 194 Å². The molecular weight excluding hydrogens is 645 g/mol. The number of furan rings is 1. The quantitative estimate of drug-likeness (QED) is 0.181. The average Bonchev–Trinajstić information content (AvgIpc) is 3.75. The number of pyridine rings is 1. The minimum absolute atomic E-state index is 0.861. The molecule has 0 fully saturated rings. The zero-order valence-corrected chi connectivity index (χ0v) is 28.8. The first-order chi connectivity index (χ1) is 26.3. The zero-order valence-electron chi connectivity index (χ0n) is 28.8. The number of hydrogen-bond acceptors (Lipinski definition) is 2. The molecule has 11 aromatic rings. The molecule has 0 aliphatic heterocycles. The minimum atomic E-state index is 0.861. The molecule has 53 heavy (non-hydrogen) atoms. The summed E-state index contributed by atoms with van der Waals surface area (Å²) in [6, 6.07) is 67.5. The molecule has 248 valence electrons. The second-order valence-corrected chi connectivity index (χ2v) is 13.8. The molecule has 0 aliphatic rings. The maximum atomic E-state index is 6.65. The van der Waals surface area contributed by atoms with E-state index in [1.165, 1.54) is 49.1 Å². The maximum Gasteiger partial charge on any atom is 0.137 e. The third kappa shape index (κ3) is 4.75. The summed E-state index contributed by atoms with van der Waals surface area (Å²) in [6.45, 7) is 0. The van der Waals surface area contributed by atoms with Crippen LogP contribution in [-0.2, 0) is 0 Å². The van der Waals surface area contributed by atoms with Gasteiger partial charge in [0.15, 0.2) is 0 Å². The molecule has 0 aliphatic carbocycles. The van der Waals surface area contributed by atoms with E-state index in [1.807, 2.05) is 6.07 Å². The first-order valence-electron chi connectivity index (χ1n) is 18.1. The molecule has 0 atom stereocenters. The summed E-state index contributed by atoms with van der Waals surface area (Å²) in [5.74, 6) is 0. The summed E-state index contributed by atoms with van der Waals surface area (Å²) < 4.78 is 9.03. The van der Waals surface area contributed by atoms with Gasteiger partial charge >= 0.3 is 0 Å². The molecule has 0 saturated heterocycles. The molecule has 11 rings (SSSR count). The molecule has 0 N–H and O–H groups in total. The summed E-state index contributed by atoms with van der Waals surface area (Å²) in [5.41, 5.74) is 12.1. The number of anilines is 3. The summed E-state index contributed by atoms with van der Waals surface area (Å²) in [4.78, 5) is 2.38. The molecule has 3 aromatic heterocycles. The van der Waals surface area contributed by atoms with Crippen LogP contribution < -0.4 is 4.90 Å². The van der Waals surface area contributed by atoms with Gasteiger partial charge in [-0.25, -0.2) is 0 Å². The lowest BCUT2D eigenvalue weighted by Crippen LogP contribution is -2.10. The predicted octanol–water partition coefficient (Wildman–Crippen LogP) is 14.1. The average molecular weight is 677 g/mol. The van der Waals surface area contributed by atoms with E-state index >= 15 is 0 Å². The number of hydrogen-bond donors (Lipinski definition) is 0. The Morgan fingerprint density at radius 3 is 1.81 bits per heavy atom. The van der Waals surface area contributed by atoms with Gasteiger partial charge in [0, 0.05) is 50.7 Å². The van der Waals surface area contributed by atoms with Crippen LogP contribution in [0.4, 0.5) is 17.1 Å². The van der Waals surface area contributed by atoms with Crippen molar-refractivity contribution in [1.82, 2.24) is 4.40 Å². The van der Waals surface area contributed by atoms with Crippen LogP contribution >= 0.6 is 0 Å². The van der Waals surface area contributed by atoms with Crippen LogP contribution in [-0.4, -0.2) is 4.40 Å². The van der Waals surface area contributed by atoms with Gasteiger partial charge in [0.05, 0.1) is 16.7 Å². The highest BCUT2D eigenvalue weighted by Crippen LogP contribution is 2.44. The van der Waals surface area contributed by atoms with Gasteiger partial charge in [-0.05, 0) is 81.4 Å². The lowest BCUT2D eigenvalue weighted by atomic mass is 10.0. The molecule has 0 unspecified atom stereocenters. The molecule has 0 radical (unpaired) electrons. The van der Waals surface area contributed by atoms with Crippen molar-refractivity contribution in [1.29, 1.82) is 0 Å². The summed E-state index contributed by atoms with van der Waals surface area (Å²) in [5, 5.41) is 8.25. The monoisotopic (exact) mass is 676 g/mol. The van der Waals surface area contributed by atoms with Crippen LogP contribution in [0.3, 0.4) is 0 Å². The van der Waals surface area contributed by atoms with Crippen LogP contribution in [0.1, 0.15) is 0 Å². The van der Waals surface area contributed by atoms with E-state index in [2.05, 4.69) is 197 Å². The predicted molar refractivity (Wildman–Crippen MR) is 223 cm³/mol. The molecule has 3 nitrogen and oxygen atoms in total. The van der Waals surface area contributed by atoms with E-state index in [4.69, 9.17) is 4.42 Å². The molecular formula is C50H32N2O. The number of benzene rings is 8. The van der Waals surface area contributed by atoms with Gasteiger partial charge in [0.25, 0.3) is 0 Å². The first-order valence-corrected chi connectivity index (χ1v) is 18.1. The summed E-state index contributed by atoms with van der Waals surface area (Å²) >= 11 is 0. The van der Waals surface area contributed by atoms with Crippen LogP contribution in [0.15, 0.2) is 199 Å². The fourth-order valence-corrected chi connectivity index (χ4v) is 8.24. The number of rotatable bonds is 5. The Morgan fingerprint density at radius 1 is 0.377 bits per heavy atom. The lowest BCUT2D eigenvalue weighted by Gasteiger charge is -2.27. The highest BCUT2D eigenvalue weighted by atomic mass is 16.3. The van der Waals surface area contributed by atoms with Gasteiger partial charge in [0.2, 0.25) is 0 Å². The molecule has 3 heterocycles. The highest BCUT2D eigenvalue weighted by Gasteiger charge is 2.21. The van der Waals surface area contributed by atoms with Crippen molar-refractivity contribution in [2.24, 2.45) is 0 Å². The molecule has 0 bridgehead atoms. The standard InChI is InChI=1S/C50H32N2O/c1-3-12-33(13-4-1)37-22-25-42-43-26-23-40(31-49(43)53-48(42)29-37)52(45-21-11-19-34-14-9-10-20-41(34)45)39-24-27-44-46(30-39)51-32-38-18-8-7-17-36(38)28-47(51)50(44)35-15-5-2-6-16-35/h1-32H. The zero-order chi connectivity index (χ0) is 34.9. The Kier molecular flexibility index (Phi) is 6.55. The van der Waals surface area contributed by atoms with Crippen molar-refractivity contribution >= 4 is 77.0 Å². The molecule has 0 spiro atoms. The molecule has 8 aromatic carbocycles.